The van der Waals surface area contributed by atoms with E-state index in [1.807, 2.05) is 31.7 Å². The first-order chi connectivity index (χ1) is 18.0. The van der Waals surface area contributed by atoms with Gasteiger partial charge in [0.05, 0.1) is 29.6 Å². The lowest BCUT2D eigenvalue weighted by molar-refractivity contribution is -0.134. The Morgan fingerprint density at radius 2 is 2.05 bits per heavy atom. The van der Waals surface area contributed by atoms with Crippen LogP contribution in [0, 0.1) is 24.1 Å². The van der Waals surface area contributed by atoms with Gasteiger partial charge in [0.15, 0.2) is 0 Å². The third-order valence-electron chi connectivity index (χ3n) is 6.46. The number of halogens is 1. The summed E-state index contributed by atoms with van der Waals surface area (Å²) in [6, 6.07) is 6.04. The molecule has 0 radical (unpaired) electrons. The van der Waals surface area contributed by atoms with E-state index in [0.717, 1.165) is 24.1 Å². The maximum atomic E-state index is 14.5. The third-order valence-corrected chi connectivity index (χ3v) is 6.46. The highest BCUT2D eigenvalue weighted by Gasteiger charge is 2.29. The van der Waals surface area contributed by atoms with Crippen LogP contribution in [0.25, 0.3) is 0 Å². The van der Waals surface area contributed by atoms with Crippen LogP contribution in [0.1, 0.15) is 56.3 Å². The van der Waals surface area contributed by atoms with Crippen molar-refractivity contribution in [1.29, 1.82) is 5.26 Å². The maximum absolute atomic E-state index is 14.5. The highest BCUT2D eigenvalue weighted by Crippen LogP contribution is 2.28. The van der Waals surface area contributed by atoms with E-state index in [0.29, 0.717) is 44.2 Å². The van der Waals surface area contributed by atoms with E-state index >= 15 is 0 Å². The molecular weight excluding hydrogens is 489 g/mol. The quantitative estimate of drug-likeness (QED) is 0.611. The number of hydrogen-bond acceptors (Lipinski definition) is 8. The predicted molar refractivity (Wildman–Crippen MR) is 139 cm³/mol. The van der Waals surface area contributed by atoms with Gasteiger partial charge in [-0.05, 0) is 65.2 Å². The van der Waals surface area contributed by atoms with Crippen LogP contribution in [-0.2, 0) is 22.5 Å². The second-order valence-electron chi connectivity index (χ2n) is 10.8. The third kappa shape index (κ3) is 6.95. The molecule has 2 aliphatic heterocycles. The number of nitrogens with one attached hydrogen (secondary N) is 2. The number of aromatic nitrogens is 2. The van der Waals surface area contributed by atoms with E-state index in [2.05, 4.69) is 20.6 Å². The van der Waals surface area contributed by atoms with Crippen molar-refractivity contribution < 1.29 is 18.7 Å². The minimum atomic E-state index is -0.577. The number of carbonyl (C=O) groups excluding carboxylic acids is 2. The van der Waals surface area contributed by atoms with Gasteiger partial charge in [0.25, 0.3) is 0 Å². The van der Waals surface area contributed by atoms with Gasteiger partial charge in [-0.2, -0.15) is 5.26 Å². The summed E-state index contributed by atoms with van der Waals surface area (Å²) in [7, 11) is 0. The van der Waals surface area contributed by atoms with E-state index in [1.54, 1.807) is 17.9 Å². The number of aryl methyl sites for hydroxylation is 1. The Morgan fingerprint density at radius 3 is 2.76 bits per heavy atom. The molecule has 4 rings (SSSR count). The molecule has 2 N–H and O–H groups in total. The minimum Gasteiger partial charge on any atom is -0.444 e. The first-order valence-electron chi connectivity index (χ1n) is 12.8. The number of carbonyl (C=O) groups is 2. The van der Waals surface area contributed by atoms with Crippen LogP contribution in [0.15, 0.2) is 18.2 Å². The number of amides is 2. The number of likely N-dealkylation sites (tertiary alicyclic amines) is 1. The number of nitriles is 1. The lowest BCUT2D eigenvalue weighted by atomic mass is 10.0. The fourth-order valence-corrected chi connectivity index (χ4v) is 4.75. The number of ether oxygens (including phenoxy) is 1. The summed E-state index contributed by atoms with van der Waals surface area (Å²) in [6.07, 6.45) is 1.74. The molecule has 0 unspecified atom stereocenters. The molecule has 0 saturated carbocycles. The van der Waals surface area contributed by atoms with Crippen molar-refractivity contribution in [3.8, 4) is 6.07 Å². The molecule has 38 heavy (non-hydrogen) atoms. The summed E-state index contributed by atoms with van der Waals surface area (Å²) in [6.45, 7) is 9.68. The van der Waals surface area contributed by atoms with Crippen LogP contribution in [0.5, 0.6) is 0 Å². The lowest BCUT2D eigenvalue weighted by Gasteiger charge is -2.35. The van der Waals surface area contributed by atoms with Crippen LogP contribution in [0.4, 0.5) is 20.7 Å². The highest BCUT2D eigenvalue weighted by atomic mass is 19.1. The Kier molecular flexibility index (Phi) is 8.11. The molecule has 1 atom stereocenters. The molecule has 2 aliphatic rings. The number of rotatable bonds is 5. The van der Waals surface area contributed by atoms with Gasteiger partial charge in [0.2, 0.25) is 5.91 Å². The van der Waals surface area contributed by atoms with Crippen molar-refractivity contribution >= 4 is 23.5 Å². The topological polar surface area (TPSA) is 123 Å². The van der Waals surface area contributed by atoms with Crippen molar-refractivity contribution in [3.63, 3.8) is 0 Å². The van der Waals surface area contributed by atoms with Gasteiger partial charge in [-0.15, -0.1) is 0 Å². The van der Waals surface area contributed by atoms with Crippen molar-refractivity contribution in [3.05, 3.63) is 46.7 Å². The van der Waals surface area contributed by atoms with Gasteiger partial charge in [-0.25, -0.2) is 19.2 Å². The zero-order valence-electron chi connectivity index (χ0n) is 22.3. The van der Waals surface area contributed by atoms with Crippen LogP contribution in [0.3, 0.4) is 0 Å². The van der Waals surface area contributed by atoms with Crippen molar-refractivity contribution in [2.24, 2.45) is 0 Å². The Bertz CT molecular complexity index is 1250. The average molecular weight is 524 g/mol. The van der Waals surface area contributed by atoms with Gasteiger partial charge in [0, 0.05) is 37.8 Å². The summed E-state index contributed by atoms with van der Waals surface area (Å²) in [5.41, 5.74) is 1.60. The first kappa shape index (κ1) is 27.3. The number of piperidine rings is 1. The van der Waals surface area contributed by atoms with Gasteiger partial charge < -0.3 is 20.3 Å². The molecule has 0 spiro atoms. The fourth-order valence-electron chi connectivity index (χ4n) is 4.75. The summed E-state index contributed by atoms with van der Waals surface area (Å²) in [5, 5.41) is 14.9. The highest BCUT2D eigenvalue weighted by molar-refractivity contribution is 5.78. The zero-order chi connectivity index (χ0) is 27.4. The van der Waals surface area contributed by atoms with Gasteiger partial charge in [0.1, 0.15) is 23.1 Å². The smallest absolute Gasteiger partial charge is 0.407 e. The normalized spacial score (nSPS) is 17.8. The minimum absolute atomic E-state index is 0.00733. The summed E-state index contributed by atoms with van der Waals surface area (Å²) in [5.74, 6) is 0.556. The number of nitrogens with zero attached hydrogens (tertiary/aromatic N) is 5. The standard InChI is InChI=1S/C27H34FN7O3/c1-17-30-23-15-34(11-9-20(23)25(31-17)33-22-8-7-18(13-29)12-21(22)28)16-24(36)35-10-5-6-19(14-35)32-26(37)38-27(2,3)4/h7-8,12,19H,5-6,9-11,14-16H2,1-4H3,(H,32,37)(H,30,31,33)/t19-/m1/s1. The number of alkyl carbamates (subject to hydrolysis) is 1. The molecule has 2 amide bonds. The molecule has 1 aromatic carbocycles. The van der Waals surface area contributed by atoms with Gasteiger partial charge in [-0.1, -0.05) is 0 Å². The molecule has 10 nitrogen and oxygen atoms in total. The molecule has 0 aliphatic carbocycles. The number of fused-ring (bicyclic) bond motifs is 1. The first-order valence-corrected chi connectivity index (χ1v) is 12.8. The summed E-state index contributed by atoms with van der Waals surface area (Å²) in [4.78, 5) is 38.2. The Hall–Kier alpha value is -3.78. The molecule has 0 bridgehead atoms. The molecule has 11 heteroatoms. The molecule has 1 fully saturated rings. The van der Waals surface area contributed by atoms with E-state index < -0.39 is 17.5 Å². The molecule has 3 heterocycles. The molecule has 202 valence electrons. The van der Waals surface area contributed by atoms with Gasteiger partial charge in [-0.3, -0.25) is 9.69 Å². The Morgan fingerprint density at radius 1 is 1.26 bits per heavy atom. The van der Waals surface area contributed by atoms with E-state index in [4.69, 9.17) is 10.00 Å². The van der Waals surface area contributed by atoms with E-state index in [9.17, 15) is 14.0 Å². The van der Waals surface area contributed by atoms with Gasteiger partial charge >= 0.3 is 6.09 Å². The SMILES string of the molecule is Cc1nc2c(c(Nc3ccc(C#N)cc3F)n1)CCN(CC(=O)N1CCC[C@@H](NC(=O)OC(C)(C)C)C1)C2. The lowest BCUT2D eigenvalue weighted by Crippen LogP contribution is -2.52. The largest absolute Gasteiger partial charge is 0.444 e. The Balaban J connectivity index is 1.38. The number of benzene rings is 1. The summed E-state index contributed by atoms with van der Waals surface area (Å²) >= 11 is 0. The van der Waals surface area contributed by atoms with Crippen molar-refractivity contribution in [1.82, 2.24) is 25.1 Å². The van der Waals surface area contributed by atoms with Crippen LogP contribution >= 0.6 is 0 Å². The second-order valence-corrected chi connectivity index (χ2v) is 10.8. The molecule has 2 aromatic rings. The van der Waals surface area contributed by atoms with Crippen LogP contribution in [0.2, 0.25) is 0 Å². The van der Waals surface area contributed by atoms with E-state index in [-0.39, 0.29) is 29.7 Å². The Labute approximate surface area is 222 Å². The molecular formula is C27H34FN7O3. The fraction of sp³-hybridized carbons (Fsp3) is 0.519. The molecule has 1 aromatic heterocycles. The van der Waals surface area contributed by atoms with E-state index in [1.165, 1.54) is 12.1 Å². The maximum Gasteiger partial charge on any atom is 0.407 e. The molecule has 1 saturated heterocycles. The van der Waals surface area contributed by atoms with Crippen LogP contribution < -0.4 is 10.6 Å². The van der Waals surface area contributed by atoms with Crippen molar-refractivity contribution in [2.45, 2.75) is 65.1 Å². The van der Waals surface area contributed by atoms with Crippen molar-refractivity contribution in [2.75, 3.05) is 31.5 Å². The second kappa shape index (κ2) is 11.3. The summed E-state index contributed by atoms with van der Waals surface area (Å²) < 4.78 is 19.8. The zero-order valence-corrected chi connectivity index (χ0v) is 22.3. The predicted octanol–water partition coefficient (Wildman–Crippen LogP) is 3.41. The number of anilines is 2. The monoisotopic (exact) mass is 523 g/mol. The van der Waals surface area contributed by atoms with Crippen LogP contribution in [-0.4, -0.2) is 69.6 Å². The average Bonchev–Trinajstić information content (AvgIpc) is 2.83. The number of hydrogen-bond donors (Lipinski definition) is 2.